The molecule has 0 aliphatic carbocycles. The first-order chi connectivity index (χ1) is 22.8. The fraction of sp³-hybridized carbons (Fsp3) is 0.594. The Labute approximate surface area is 286 Å². The van der Waals surface area contributed by atoms with Crippen LogP contribution in [0, 0.1) is 5.41 Å². The van der Waals surface area contributed by atoms with Gasteiger partial charge in [0.2, 0.25) is 37.2 Å². The number of nitrogens with two attached hydrogens (primary N) is 1. The summed E-state index contributed by atoms with van der Waals surface area (Å²) in [6, 6.07) is 3.34. The minimum absolute atomic E-state index is 0.0209. The highest BCUT2D eigenvalue weighted by atomic mass is 16.7. The standard InChI is InChI=1S/C32H47BN4O12/c1-31(2,3)47-17-32(4,5)29(44)36-12-7-6-8-19(34)26(41)35-13-11-24(39)37-20-14-18(16-46-30(33)45)9-10-22(20)48-28-25(40)21(38)15-23(49-28)27(42)43/h9-10,14-15,19,21,25,28,38,40H,6-8,11-13,16-17,34H2,1-5H3,(H,35,41)(H,36,44)(H,37,39)(H,42,43)/t19-,21-,25+,28+/m0/s1. The van der Waals surface area contributed by atoms with Gasteiger partial charge in [-0.25, -0.2) is 4.79 Å². The molecule has 3 amide bonds. The number of carboxylic acids is 1. The van der Waals surface area contributed by atoms with Crippen molar-refractivity contribution < 1.29 is 58.2 Å². The molecule has 1 aliphatic rings. The number of benzene rings is 1. The van der Waals surface area contributed by atoms with Gasteiger partial charge in [0.15, 0.2) is 6.10 Å². The van der Waals surface area contributed by atoms with Crippen LogP contribution >= 0.6 is 0 Å². The molecule has 17 heteroatoms. The summed E-state index contributed by atoms with van der Waals surface area (Å²) >= 11 is 0. The number of aliphatic hydroxyl groups excluding tert-OH is 2. The number of anilines is 1. The Kier molecular flexibility index (Phi) is 15.5. The second-order valence-corrected chi connectivity index (χ2v) is 13.1. The number of aliphatic carboxylic acids is 1. The quantitative estimate of drug-likeness (QED) is 0.0834. The zero-order valence-corrected chi connectivity index (χ0v) is 28.4. The van der Waals surface area contributed by atoms with Crippen LogP contribution in [-0.2, 0) is 40.0 Å². The molecule has 0 aromatic heterocycles. The lowest BCUT2D eigenvalue weighted by Crippen LogP contribution is -2.46. The van der Waals surface area contributed by atoms with Crippen LogP contribution < -0.4 is 26.4 Å². The molecule has 0 bridgehead atoms. The van der Waals surface area contributed by atoms with E-state index in [1.165, 1.54) is 18.2 Å². The molecular weight excluding hydrogens is 643 g/mol. The Hall–Kier alpha value is -4.19. The Morgan fingerprint density at radius 3 is 2.37 bits per heavy atom. The van der Waals surface area contributed by atoms with Crippen molar-refractivity contribution in [3.05, 3.63) is 35.6 Å². The number of ether oxygens (including phenoxy) is 4. The van der Waals surface area contributed by atoms with Crippen molar-refractivity contribution in [2.24, 2.45) is 11.1 Å². The lowest BCUT2D eigenvalue weighted by Gasteiger charge is -2.31. The van der Waals surface area contributed by atoms with Crippen molar-refractivity contribution in [2.45, 2.75) is 97.0 Å². The maximum atomic E-state index is 12.8. The van der Waals surface area contributed by atoms with E-state index in [9.17, 15) is 39.3 Å². The SMILES string of the molecule is [B]C(=O)OCc1ccc(O[C@@H]2OC(C(=O)O)=C[C@H](O)[C@H]2O)c(NC(=O)CCNC(=O)[C@@H](N)CCCCNC(=O)C(C)(C)COC(C)(C)C)c1. The molecule has 0 saturated heterocycles. The third-order valence-corrected chi connectivity index (χ3v) is 7.04. The summed E-state index contributed by atoms with van der Waals surface area (Å²) in [6.07, 6.45) is -2.78. The van der Waals surface area contributed by atoms with E-state index < -0.39 is 59.4 Å². The summed E-state index contributed by atoms with van der Waals surface area (Å²) in [7, 11) is 5.03. The zero-order valence-electron chi connectivity index (χ0n) is 28.4. The summed E-state index contributed by atoms with van der Waals surface area (Å²) in [4.78, 5) is 60.2. The molecule has 1 aromatic carbocycles. The molecule has 0 spiro atoms. The summed E-state index contributed by atoms with van der Waals surface area (Å²) in [5, 5.41) is 37.6. The molecule has 0 saturated carbocycles. The topological polar surface area (TPSA) is 245 Å². The maximum absolute atomic E-state index is 12.8. The number of rotatable bonds is 18. The summed E-state index contributed by atoms with van der Waals surface area (Å²) in [5.74, 6) is -4.44. The highest BCUT2D eigenvalue weighted by Gasteiger charge is 2.37. The number of carbonyl (C=O) groups excluding carboxylic acids is 4. The highest BCUT2D eigenvalue weighted by molar-refractivity contribution is 6.55. The van der Waals surface area contributed by atoms with Gasteiger partial charge in [0.05, 0.1) is 29.4 Å². The van der Waals surface area contributed by atoms with E-state index in [0.717, 1.165) is 6.08 Å². The Morgan fingerprint density at radius 1 is 1.04 bits per heavy atom. The van der Waals surface area contributed by atoms with E-state index >= 15 is 0 Å². The van der Waals surface area contributed by atoms with Gasteiger partial charge in [0, 0.05) is 19.5 Å². The first-order valence-corrected chi connectivity index (χ1v) is 15.7. The van der Waals surface area contributed by atoms with Crippen molar-refractivity contribution in [1.29, 1.82) is 0 Å². The molecule has 8 N–H and O–H groups in total. The second-order valence-electron chi connectivity index (χ2n) is 13.1. The fourth-order valence-electron chi connectivity index (χ4n) is 4.18. The van der Waals surface area contributed by atoms with E-state index in [0.29, 0.717) is 31.4 Å². The first kappa shape index (κ1) is 41.0. The van der Waals surface area contributed by atoms with Crippen LogP contribution in [0.2, 0.25) is 0 Å². The predicted molar refractivity (Wildman–Crippen MR) is 176 cm³/mol. The summed E-state index contributed by atoms with van der Waals surface area (Å²) < 4.78 is 21.3. The van der Waals surface area contributed by atoms with Crippen LogP contribution in [0.15, 0.2) is 30.0 Å². The van der Waals surface area contributed by atoms with Gasteiger partial charge in [-0.05, 0) is 77.7 Å². The number of unbranched alkanes of at least 4 members (excludes halogenated alkanes) is 1. The average Bonchev–Trinajstić information content (AvgIpc) is 3.01. The Morgan fingerprint density at radius 2 is 1.73 bits per heavy atom. The first-order valence-electron chi connectivity index (χ1n) is 15.7. The van der Waals surface area contributed by atoms with Crippen LogP contribution in [0.5, 0.6) is 5.75 Å². The lowest BCUT2D eigenvalue weighted by atomic mass is 9.93. The number of aliphatic hydroxyl groups is 2. The van der Waals surface area contributed by atoms with E-state index in [1.807, 2.05) is 20.8 Å². The lowest BCUT2D eigenvalue weighted by molar-refractivity contribution is -0.172. The minimum atomic E-state index is -1.67. The maximum Gasteiger partial charge on any atom is 0.371 e. The molecule has 4 atom stereocenters. The molecule has 0 fully saturated rings. The normalized spacial score (nSPS) is 18.3. The summed E-state index contributed by atoms with van der Waals surface area (Å²) in [6.45, 7) is 9.74. The highest BCUT2D eigenvalue weighted by Crippen LogP contribution is 2.30. The largest absolute Gasteiger partial charge is 0.475 e. The van der Waals surface area contributed by atoms with Crippen LogP contribution in [0.1, 0.15) is 65.9 Å². The van der Waals surface area contributed by atoms with Gasteiger partial charge >= 0.3 is 5.97 Å². The van der Waals surface area contributed by atoms with E-state index in [1.54, 1.807) is 13.8 Å². The summed E-state index contributed by atoms with van der Waals surface area (Å²) in [5.41, 5.74) is 5.35. The minimum Gasteiger partial charge on any atom is -0.475 e. The molecule has 1 heterocycles. The van der Waals surface area contributed by atoms with Crippen molar-refractivity contribution in [2.75, 3.05) is 25.0 Å². The monoisotopic (exact) mass is 690 g/mol. The van der Waals surface area contributed by atoms with Crippen molar-refractivity contribution >= 4 is 43.1 Å². The number of amides is 3. The third-order valence-electron chi connectivity index (χ3n) is 7.04. The molecule has 2 rings (SSSR count). The number of hydrogen-bond acceptors (Lipinski definition) is 12. The van der Waals surface area contributed by atoms with Gasteiger partial charge in [-0.2, -0.15) is 0 Å². The number of carboxylic acid groups (broad SMARTS) is 1. The number of nitrogens with one attached hydrogen (secondary N) is 3. The second kappa shape index (κ2) is 18.5. The predicted octanol–water partition coefficient (Wildman–Crippen LogP) is 0.817. The van der Waals surface area contributed by atoms with Crippen molar-refractivity contribution in [1.82, 2.24) is 10.6 Å². The Balaban J connectivity index is 1.87. The molecular formula is C32H47BN4O12. The van der Waals surface area contributed by atoms with Gasteiger partial charge in [-0.1, -0.05) is 6.07 Å². The van der Waals surface area contributed by atoms with E-state index in [4.69, 9.17) is 32.5 Å². The van der Waals surface area contributed by atoms with Crippen LogP contribution in [0.25, 0.3) is 0 Å². The molecule has 16 nitrogen and oxygen atoms in total. The molecule has 270 valence electrons. The van der Waals surface area contributed by atoms with Crippen molar-refractivity contribution in [3.63, 3.8) is 0 Å². The fourth-order valence-corrected chi connectivity index (χ4v) is 4.18. The molecule has 2 radical (unpaired) electrons. The van der Waals surface area contributed by atoms with Gasteiger partial charge in [0.1, 0.15) is 18.5 Å². The molecule has 1 aromatic rings. The van der Waals surface area contributed by atoms with Crippen LogP contribution in [0.4, 0.5) is 10.5 Å². The molecule has 49 heavy (non-hydrogen) atoms. The van der Waals surface area contributed by atoms with E-state index in [2.05, 4.69) is 16.0 Å². The number of hydrogen-bond donors (Lipinski definition) is 7. The van der Waals surface area contributed by atoms with Gasteiger partial charge in [0.25, 0.3) is 6.29 Å². The van der Waals surface area contributed by atoms with Gasteiger partial charge in [-0.15, -0.1) is 0 Å². The zero-order chi connectivity index (χ0) is 36.9. The average molecular weight is 691 g/mol. The Bertz CT molecular complexity index is 1360. The van der Waals surface area contributed by atoms with E-state index in [-0.39, 0.29) is 49.1 Å². The van der Waals surface area contributed by atoms with Crippen LogP contribution in [-0.4, -0.2) is 103 Å². The number of carbonyl (C=O) groups is 5. The third kappa shape index (κ3) is 14.4. The molecule has 1 aliphatic heterocycles. The van der Waals surface area contributed by atoms with Crippen LogP contribution in [0.3, 0.4) is 0 Å². The van der Waals surface area contributed by atoms with Gasteiger partial charge < -0.3 is 56.0 Å². The smallest absolute Gasteiger partial charge is 0.371 e. The molecule has 0 unspecified atom stereocenters. The van der Waals surface area contributed by atoms with Crippen molar-refractivity contribution in [3.8, 4) is 5.75 Å². The van der Waals surface area contributed by atoms with Gasteiger partial charge in [-0.3, -0.25) is 19.2 Å².